The van der Waals surface area contributed by atoms with Crippen LogP contribution in [0.15, 0.2) is 11.4 Å². The van der Waals surface area contributed by atoms with Crippen LogP contribution in [0.4, 0.5) is 9.59 Å². The molecule has 0 saturated heterocycles. The number of rotatable bonds is 3. The van der Waals surface area contributed by atoms with E-state index in [2.05, 4.69) is 0 Å². The maximum atomic E-state index is 12.3. The minimum absolute atomic E-state index is 0.0116. The minimum atomic E-state index is -0.784. The maximum Gasteiger partial charge on any atom is 0.420 e. The molecule has 0 aromatic carbocycles. The molecule has 6 nitrogen and oxygen atoms in total. The van der Waals surface area contributed by atoms with Crippen LogP contribution in [0.3, 0.4) is 0 Å². The van der Waals surface area contributed by atoms with Crippen molar-refractivity contribution in [2.24, 2.45) is 0 Å². The molecule has 0 bridgehead atoms. The Morgan fingerprint density at radius 1 is 1.09 bits per heavy atom. The summed E-state index contributed by atoms with van der Waals surface area (Å²) in [4.78, 5) is 37.0. The first-order valence-corrected chi connectivity index (χ1v) is 8.05. The van der Waals surface area contributed by atoms with Crippen LogP contribution in [0.2, 0.25) is 0 Å². The van der Waals surface area contributed by atoms with Gasteiger partial charge in [0.2, 0.25) is 0 Å². The van der Waals surface area contributed by atoms with Crippen LogP contribution in [0, 0.1) is 0 Å². The van der Waals surface area contributed by atoms with E-state index >= 15 is 0 Å². The molecule has 0 spiro atoms. The number of thiophene rings is 1. The molecule has 23 heavy (non-hydrogen) atoms. The molecule has 0 aliphatic heterocycles. The van der Waals surface area contributed by atoms with Crippen molar-refractivity contribution in [3.05, 3.63) is 21.9 Å². The van der Waals surface area contributed by atoms with Gasteiger partial charge in [-0.15, -0.1) is 11.3 Å². The number of hydrogen-bond acceptors (Lipinski definition) is 6. The zero-order valence-corrected chi connectivity index (χ0v) is 15.2. The average Bonchev–Trinajstić information content (AvgIpc) is 2.79. The van der Waals surface area contributed by atoms with Gasteiger partial charge in [-0.2, -0.15) is 0 Å². The lowest BCUT2D eigenvalue weighted by Crippen LogP contribution is -2.43. The largest absolute Gasteiger partial charge is 0.443 e. The third-order valence-corrected chi connectivity index (χ3v) is 3.29. The summed E-state index contributed by atoms with van der Waals surface area (Å²) < 4.78 is 10.5. The van der Waals surface area contributed by atoms with Gasteiger partial charge in [-0.3, -0.25) is 4.79 Å². The highest BCUT2D eigenvalue weighted by Crippen LogP contribution is 2.20. The molecule has 128 valence electrons. The summed E-state index contributed by atoms with van der Waals surface area (Å²) in [6.45, 7) is 10.3. The summed E-state index contributed by atoms with van der Waals surface area (Å²) in [7, 11) is 0. The first kappa shape index (κ1) is 19.2. The highest BCUT2D eigenvalue weighted by Gasteiger charge is 2.31. The second kappa shape index (κ2) is 7.12. The predicted octanol–water partition coefficient (Wildman–Crippen LogP) is 4.23. The summed E-state index contributed by atoms with van der Waals surface area (Å²) in [6.07, 6.45) is -0.855. The Labute approximate surface area is 140 Å². The molecular formula is C16H23NO5S. The molecule has 0 aliphatic carbocycles. The fourth-order valence-electron chi connectivity index (χ4n) is 1.54. The number of ether oxygens (including phenoxy) is 2. The van der Waals surface area contributed by atoms with Gasteiger partial charge in [0.25, 0.3) is 0 Å². The van der Waals surface area contributed by atoms with Crippen molar-refractivity contribution < 1.29 is 23.9 Å². The van der Waals surface area contributed by atoms with E-state index in [0.29, 0.717) is 16.7 Å². The maximum absolute atomic E-state index is 12.3. The number of carbonyl (C=O) groups is 3. The second-order valence-electron chi connectivity index (χ2n) is 7.01. The van der Waals surface area contributed by atoms with Crippen LogP contribution < -0.4 is 0 Å². The van der Waals surface area contributed by atoms with Crippen molar-refractivity contribution in [3.63, 3.8) is 0 Å². The van der Waals surface area contributed by atoms with Gasteiger partial charge in [0.05, 0.1) is 6.54 Å². The van der Waals surface area contributed by atoms with Crippen LogP contribution in [0.25, 0.3) is 0 Å². The molecule has 1 aromatic rings. The van der Waals surface area contributed by atoms with Gasteiger partial charge in [0, 0.05) is 15.8 Å². The lowest BCUT2D eigenvalue weighted by atomic mass is 10.2. The molecule has 1 heterocycles. The Bertz CT molecular complexity index is 552. The highest BCUT2D eigenvalue weighted by molar-refractivity contribution is 7.10. The molecule has 0 atom stereocenters. The first-order chi connectivity index (χ1) is 10.4. The first-order valence-electron chi connectivity index (χ1n) is 7.17. The van der Waals surface area contributed by atoms with E-state index in [4.69, 9.17) is 9.47 Å². The number of nitrogens with zero attached hydrogens (tertiary/aromatic N) is 1. The quantitative estimate of drug-likeness (QED) is 0.769. The number of aldehydes is 1. The minimum Gasteiger partial charge on any atom is -0.443 e. The fourth-order valence-corrected chi connectivity index (χ4v) is 2.35. The number of imide groups is 1. The van der Waals surface area contributed by atoms with Crippen molar-refractivity contribution in [3.8, 4) is 0 Å². The standard InChI is InChI=1S/C16H23NO5S/c1-15(2,3)21-13(19)17(14(20)22-16(4,5)6)8-12-7-11(9-18)10-23-12/h7,9-10H,8H2,1-6H3. The molecular weight excluding hydrogens is 318 g/mol. The summed E-state index contributed by atoms with van der Waals surface area (Å²) in [5.41, 5.74) is -0.972. The van der Waals surface area contributed by atoms with Crippen molar-refractivity contribution in [2.75, 3.05) is 0 Å². The zero-order valence-electron chi connectivity index (χ0n) is 14.3. The molecule has 0 fully saturated rings. The van der Waals surface area contributed by atoms with Gasteiger partial charge in [0.15, 0.2) is 6.29 Å². The van der Waals surface area contributed by atoms with E-state index in [1.165, 1.54) is 11.3 Å². The fraction of sp³-hybridized carbons (Fsp3) is 0.562. The normalized spacial score (nSPS) is 11.7. The lowest BCUT2D eigenvalue weighted by molar-refractivity contribution is -0.0000570. The van der Waals surface area contributed by atoms with Crippen LogP contribution >= 0.6 is 11.3 Å². The van der Waals surface area contributed by atoms with E-state index in [1.54, 1.807) is 53.0 Å². The summed E-state index contributed by atoms with van der Waals surface area (Å²) >= 11 is 1.28. The van der Waals surface area contributed by atoms with Crippen LogP contribution in [0.1, 0.15) is 56.8 Å². The predicted molar refractivity (Wildman–Crippen MR) is 87.7 cm³/mol. The van der Waals surface area contributed by atoms with E-state index in [1.807, 2.05) is 0 Å². The molecule has 2 amide bonds. The van der Waals surface area contributed by atoms with Crippen molar-refractivity contribution >= 4 is 29.8 Å². The molecule has 0 N–H and O–H groups in total. The van der Waals surface area contributed by atoms with E-state index in [0.717, 1.165) is 4.90 Å². The lowest BCUT2D eigenvalue weighted by Gasteiger charge is -2.28. The van der Waals surface area contributed by atoms with Gasteiger partial charge >= 0.3 is 12.2 Å². The molecule has 0 radical (unpaired) electrons. The molecule has 1 aromatic heterocycles. The number of carbonyl (C=O) groups excluding carboxylic acids is 3. The summed E-state index contributed by atoms with van der Waals surface area (Å²) in [6, 6.07) is 1.62. The number of amides is 2. The SMILES string of the molecule is CC(C)(C)OC(=O)N(Cc1cc(C=O)cs1)C(=O)OC(C)(C)C. The average molecular weight is 341 g/mol. The van der Waals surface area contributed by atoms with Crippen molar-refractivity contribution in [2.45, 2.75) is 59.3 Å². The molecule has 0 unspecified atom stereocenters. The molecule has 0 aliphatic rings. The number of hydrogen-bond donors (Lipinski definition) is 0. The second-order valence-corrected chi connectivity index (χ2v) is 8.01. The Morgan fingerprint density at radius 3 is 1.91 bits per heavy atom. The van der Waals surface area contributed by atoms with Gasteiger partial charge in [-0.05, 0) is 47.6 Å². The van der Waals surface area contributed by atoms with Gasteiger partial charge in [0.1, 0.15) is 11.2 Å². The van der Waals surface area contributed by atoms with E-state index in [-0.39, 0.29) is 6.54 Å². The van der Waals surface area contributed by atoms with Gasteiger partial charge in [-0.25, -0.2) is 14.5 Å². The van der Waals surface area contributed by atoms with E-state index in [9.17, 15) is 14.4 Å². The Hall–Kier alpha value is -1.89. The van der Waals surface area contributed by atoms with Gasteiger partial charge in [-0.1, -0.05) is 0 Å². The third-order valence-electron chi connectivity index (χ3n) is 2.35. The molecule has 1 rings (SSSR count). The Morgan fingerprint density at radius 2 is 1.57 bits per heavy atom. The Kier molecular flexibility index (Phi) is 5.93. The van der Waals surface area contributed by atoms with Crippen LogP contribution in [0.5, 0.6) is 0 Å². The van der Waals surface area contributed by atoms with Crippen LogP contribution in [-0.2, 0) is 16.0 Å². The zero-order chi connectivity index (χ0) is 17.8. The summed E-state index contributed by atoms with van der Waals surface area (Å²) in [5.74, 6) is 0. The van der Waals surface area contributed by atoms with Crippen molar-refractivity contribution in [1.82, 2.24) is 4.90 Å². The molecule has 0 saturated carbocycles. The monoisotopic (exact) mass is 341 g/mol. The van der Waals surface area contributed by atoms with Crippen LogP contribution in [-0.4, -0.2) is 34.6 Å². The Balaban J connectivity index is 2.97. The molecule has 7 heteroatoms. The van der Waals surface area contributed by atoms with Gasteiger partial charge < -0.3 is 9.47 Å². The topological polar surface area (TPSA) is 72.9 Å². The smallest absolute Gasteiger partial charge is 0.420 e. The van der Waals surface area contributed by atoms with E-state index < -0.39 is 23.4 Å². The third kappa shape index (κ3) is 6.81. The van der Waals surface area contributed by atoms with Crippen molar-refractivity contribution in [1.29, 1.82) is 0 Å². The highest BCUT2D eigenvalue weighted by atomic mass is 32.1. The summed E-state index contributed by atoms with van der Waals surface area (Å²) in [5, 5.41) is 1.66.